The summed E-state index contributed by atoms with van der Waals surface area (Å²) in [6, 6.07) is 4.62. The molecule has 0 aliphatic carbocycles. The van der Waals surface area contributed by atoms with Gasteiger partial charge in [0.15, 0.2) is 0 Å². The summed E-state index contributed by atoms with van der Waals surface area (Å²) in [5.41, 5.74) is 0.702. The number of aromatic carboxylic acids is 1. The summed E-state index contributed by atoms with van der Waals surface area (Å²) in [5.74, 6) is -0.984. The van der Waals surface area contributed by atoms with Gasteiger partial charge in [-0.2, -0.15) is 0 Å². The first-order valence-corrected chi connectivity index (χ1v) is 5.98. The van der Waals surface area contributed by atoms with Crippen LogP contribution in [0.25, 0.3) is 0 Å². The van der Waals surface area contributed by atoms with Gasteiger partial charge in [-0.1, -0.05) is 17.7 Å². The minimum Gasteiger partial charge on any atom is -0.478 e. The Labute approximate surface area is 111 Å². The SMILES string of the molecule is C=CCCOCCNc1cc(Cl)ccc1C(=O)O. The van der Waals surface area contributed by atoms with Crippen molar-refractivity contribution in [2.24, 2.45) is 0 Å². The number of halogens is 1. The first-order chi connectivity index (χ1) is 8.65. The molecule has 0 fully saturated rings. The van der Waals surface area contributed by atoms with E-state index in [1.54, 1.807) is 18.2 Å². The molecule has 0 spiro atoms. The third kappa shape index (κ3) is 4.77. The highest BCUT2D eigenvalue weighted by Gasteiger charge is 2.09. The van der Waals surface area contributed by atoms with E-state index in [9.17, 15) is 4.79 Å². The molecule has 0 saturated carbocycles. The van der Waals surface area contributed by atoms with E-state index in [0.29, 0.717) is 30.5 Å². The van der Waals surface area contributed by atoms with E-state index < -0.39 is 5.97 Å². The number of hydrogen-bond acceptors (Lipinski definition) is 3. The van der Waals surface area contributed by atoms with Crippen molar-refractivity contribution in [1.82, 2.24) is 0 Å². The fourth-order valence-corrected chi connectivity index (χ4v) is 1.55. The zero-order valence-electron chi connectivity index (χ0n) is 9.99. The highest BCUT2D eigenvalue weighted by Crippen LogP contribution is 2.20. The molecule has 0 aliphatic rings. The molecule has 0 atom stereocenters. The number of benzene rings is 1. The van der Waals surface area contributed by atoms with E-state index >= 15 is 0 Å². The highest BCUT2D eigenvalue weighted by atomic mass is 35.5. The van der Waals surface area contributed by atoms with Gasteiger partial charge < -0.3 is 15.2 Å². The van der Waals surface area contributed by atoms with Crippen LogP contribution in [0.5, 0.6) is 0 Å². The topological polar surface area (TPSA) is 58.6 Å². The van der Waals surface area contributed by atoms with Gasteiger partial charge in [0.1, 0.15) is 0 Å². The van der Waals surface area contributed by atoms with Crippen LogP contribution in [0, 0.1) is 0 Å². The van der Waals surface area contributed by atoms with Crippen LogP contribution in [-0.4, -0.2) is 30.8 Å². The number of nitrogens with one attached hydrogen (secondary N) is 1. The molecule has 2 N–H and O–H groups in total. The summed E-state index contributed by atoms with van der Waals surface area (Å²) >= 11 is 5.83. The van der Waals surface area contributed by atoms with E-state index in [4.69, 9.17) is 21.4 Å². The predicted octanol–water partition coefficient (Wildman–Crippen LogP) is 3.04. The normalized spacial score (nSPS) is 10.1. The van der Waals surface area contributed by atoms with Crippen LogP contribution >= 0.6 is 11.6 Å². The van der Waals surface area contributed by atoms with E-state index in [2.05, 4.69) is 11.9 Å². The van der Waals surface area contributed by atoms with Gasteiger partial charge in [-0.15, -0.1) is 6.58 Å². The van der Waals surface area contributed by atoms with Gasteiger partial charge in [-0.25, -0.2) is 4.79 Å². The molecule has 0 bridgehead atoms. The molecule has 0 heterocycles. The van der Waals surface area contributed by atoms with Crippen molar-refractivity contribution in [2.75, 3.05) is 25.1 Å². The molecule has 4 nitrogen and oxygen atoms in total. The summed E-state index contributed by atoms with van der Waals surface area (Å²) in [5, 5.41) is 12.5. The maximum Gasteiger partial charge on any atom is 0.337 e. The van der Waals surface area contributed by atoms with Crippen molar-refractivity contribution in [2.45, 2.75) is 6.42 Å². The molecule has 5 heteroatoms. The molecule has 1 rings (SSSR count). The average Bonchev–Trinajstić information content (AvgIpc) is 2.33. The molecule has 0 amide bonds. The fourth-order valence-electron chi connectivity index (χ4n) is 1.38. The first-order valence-electron chi connectivity index (χ1n) is 5.60. The lowest BCUT2D eigenvalue weighted by Crippen LogP contribution is -2.12. The smallest absolute Gasteiger partial charge is 0.337 e. The Balaban J connectivity index is 2.47. The zero-order valence-corrected chi connectivity index (χ0v) is 10.7. The molecular weight excluding hydrogens is 254 g/mol. The molecule has 98 valence electrons. The number of ether oxygens (including phenoxy) is 1. The molecule has 18 heavy (non-hydrogen) atoms. The lowest BCUT2D eigenvalue weighted by molar-refractivity contribution is 0.0698. The van der Waals surface area contributed by atoms with Crippen molar-refractivity contribution < 1.29 is 14.6 Å². The van der Waals surface area contributed by atoms with Gasteiger partial charge in [0, 0.05) is 11.6 Å². The van der Waals surface area contributed by atoms with Crippen LogP contribution < -0.4 is 5.32 Å². The number of carbonyl (C=O) groups is 1. The largest absolute Gasteiger partial charge is 0.478 e. The molecule has 0 saturated heterocycles. The van der Waals surface area contributed by atoms with Gasteiger partial charge in [-0.05, 0) is 24.6 Å². The lowest BCUT2D eigenvalue weighted by Gasteiger charge is -2.10. The highest BCUT2D eigenvalue weighted by molar-refractivity contribution is 6.31. The third-order valence-corrected chi connectivity index (χ3v) is 2.48. The monoisotopic (exact) mass is 269 g/mol. The first kappa shape index (κ1) is 14.5. The summed E-state index contributed by atoms with van der Waals surface area (Å²) in [6.45, 7) is 5.23. The van der Waals surface area contributed by atoms with Crippen LogP contribution in [0.3, 0.4) is 0 Å². The van der Waals surface area contributed by atoms with Crippen LogP contribution in [0.1, 0.15) is 16.8 Å². The Morgan fingerprint density at radius 3 is 2.94 bits per heavy atom. The van der Waals surface area contributed by atoms with Crippen LogP contribution in [-0.2, 0) is 4.74 Å². The Morgan fingerprint density at radius 1 is 1.50 bits per heavy atom. The predicted molar refractivity (Wildman–Crippen MR) is 72.5 cm³/mol. The lowest BCUT2D eigenvalue weighted by atomic mass is 10.2. The maximum absolute atomic E-state index is 11.0. The molecular formula is C13H16ClNO3. The van der Waals surface area contributed by atoms with Gasteiger partial charge >= 0.3 is 5.97 Å². The summed E-state index contributed by atoms with van der Waals surface area (Å²) in [7, 11) is 0. The Bertz CT molecular complexity index is 421. The van der Waals surface area contributed by atoms with E-state index in [1.165, 1.54) is 6.07 Å². The van der Waals surface area contributed by atoms with E-state index in [1.807, 2.05) is 0 Å². The van der Waals surface area contributed by atoms with Crippen LogP contribution in [0.2, 0.25) is 5.02 Å². The molecule has 1 aromatic rings. The molecule has 0 unspecified atom stereocenters. The van der Waals surface area contributed by atoms with Gasteiger partial charge in [-0.3, -0.25) is 0 Å². The van der Waals surface area contributed by atoms with Crippen molar-refractivity contribution in [1.29, 1.82) is 0 Å². The molecule has 0 aromatic heterocycles. The van der Waals surface area contributed by atoms with E-state index in [0.717, 1.165) is 6.42 Å². The quantitative estimate of drug-likeness (QED) is 0.563. The number of carboxylic acids is 1. The summed E-state index contributed by atoms with van der Waals surface area (Å²) in [6.07, 6.45) is 2.59. The summed E-state index contributed by atoms with van der Waals surface area (Å²) in [4.78, 5) is 11.0. The van der Waals surface area contributed by atoms with Gasteiger partial charge in [0.25, 0.3) is 0 Å². The van der Waals surface area contributed by atoms with Crippen LogP contribution in [0.4, 0.5) is 5.69 Å². The molecule has 1 aromatic carbocycles. The second-order valence-electron chi connectivity index (χ2n) is 3.61. The van der Waals surface area contributed by atoms with Crippen LogP contribution in [0.15, 0.2) is 30.9 Å². The second-order valence-corrected chi connectivity index (χ2v) is 4.05. The number of carboxylic acid groups (broad SMARTS) is 1. The van der Waals surface area contributed by atoms with Gasteiger partial charge in [0.2, 0.25) is 0 Å². The average molecular weight is 270 g/mol. The summed E-state index contributed by atoms with van der Waals surface area (Å²) < 4.78 is 5.31. The standard InChI is InChI=1S/C13H16ClNO3/c1-2-3-7-18-8-6-15-12-9-10(14)4-5-11(12)13(16)17/h2,4-5,9,15H,1,3,6-8H2,(H,16,17). The van der Waals surface area contributed by atoms with Crippen molar-refractivity contribution in [3.05, 3.63) is 41.4 Å². The molecule has 0 radical (unpaired) electrons. The Hall–Kier alpha value is -1.52. The van der Waals surface area contributed by atoms with Crippen molar-refractivity contribution in [3.8, 4) is 0 Å². The van der Waals surface area contributed by atoms with E-state index in [-0.39, 0.29) is 5.56 Å². The number of rotatable bonds is 8. The van der Waals surface area contributed by atoms with Crippen molar-refractivity contribution in [3.63, 3.8) is 0 Å². The number of hydrogen-bond donors (Lipinski definition) is 2. The minimum atomic E-state index is -0.984. The van der Waals surface area contributed by atoms with Gasteiger partial charge in [0.05, 0.1) is 24.5 Å². The Kier molecular flexibility index (Phi) is 6.25. The maximum atomic E-state index is 11.0. The number of anilines is 1. The zero-order chi connectivity index (χ0) is 13.4. The Morgan fingerprint density at radius 2 is 2.28 bits per heavy atom. The second kappa shape index (κ2) is 7.74. The molecule has 0 aliphatic heterocycles. The third-order valence-electron chi connectivity index (χ3n) is 2.24. The fraction of sp³-hybridized carbons (Fsp3) is 0.308. The van der Waals surface area contributed by atoms with Crippen molar-refractivity contribution >= 4 is 23.3 Å². The minimum absolute atomic E-state index is 0.200.